The molecule has 1 saturated heterocycles. The number of benzene rings is 2. The number of β-amino-alcohol motifs (C(OH)–C–C–N with tert-alkyl or cyclic N) is 1. The maximum Gasteiger partial charge on any atom is 0.290 e. The number of aliphatic hydroxyl groups is 3. The van der Waals surface area contributed by atoms with E-state index in [1.807, 2.05) is 37.4 Å². The fourth-order valence-electron chi connectivity index (χ4n) is 4.60. The number of aliphatic hydroxyl groups excluding tert-OH is 3. The van der Waals surface area contributed by atoms with Crippen LogP contribution in [0, 0.1) is 18.8 Å². The average Bonchev–Trinajstić information content (AvgIpc) is 2.87. The number of nitrogens with zero attached hydrogens (tertiary/aromatic N) is 2. The molecule has 8 heteroatoms. The molecule has 1 aliphatic heterocycles. The quantitative estimate of drug-likeness (QED) is 0.361. The van der Waals surface area contributed by atoms with Gasteiger partial charge in [-0.3, -0.25) is 14.7 Å². The second-order valence-corrected chi connectivity index (χ2v) is 9.03. The largest absolute Gasteiger partial charge is 0.491 e. The Kier molecular flexibility index (Phi) is 9.98. The van der Waals surface area contributed by atoms with Crippen LogP contribution in [0.1, 0.15) is 12.1 Å². The average molecular weight is 483 g/mol. The van der Waals surface area contributed by atoms with Crippen LogP contribution in [0.5, 0.6) is 5.75 Å². The van der Waals surface area contributed by atoms with Crippen molar-refractivity contribution >= 4 is 17.2 Å². The van der Waals surface area contributed by atoms with Crippen LogP contribution in [0.15, 0.2) is 54.7 Å². The van der Waals surface area contributed by atoms with Gasteiger partial charge in [-0.05, 0) is 77.4 Å². The van der Waals surface area contributed by atoms with Gasteiger partial charge in [0.1, 0.15) is 18.5 Å². The van der Waals surface area contributed by atoms with Gasteiger partial charge in [-0.25, -0.2) is 0 Å². The van der Waals surface area contributed by atoms with Gasteiger partial charge in [0.15, 0.2) is 0 Å². The summed E-state index contributed by atoms with van der Waals surface area (Å²) in [6.45, 7) is 4.08. The van der Waals surface area contributed by atoms with Gasteiger partial charge < -0.3 is 25.2 Å². The molecule has 0 saturated carbocycles. The molecule has 4 rings (SSSR count). The van der Waals surface area contributed by atoms with E-state index < -0.39 is 6.10 Å². The predicted molar refractivity (Wildman–Crippen MR) is 134 cm³/mol. The fraction of sp³-hybridized carbons (Fsp3) is 0.407. The minimum Gasteiger partial charge on any atom is -0.491 e. The van der Waals surface area contributed by atoms with E-state index in [2.05, 4.69) is 34.1 Å². The van der Waals surface area contributed by atoms with Gasteiger partial charge in [0, 0.05) is 44.7 Å². The van der Waals surface area contributed by atoms with Gasteiger partial charge in [-0.2, -0.15) is 0 Å². The van der Waals surface area contributed by atoms with E-state index in [0.29, 0.717) is 6.54 Å². The molecular weight excluding hydrogens is 448 g/mol. The summed E-state index contributed by atoms with van der Waals surface area (Å²) in [7, 11) is 0. The molecule has 0 radical (unpaired) electrons. The lowest BCUT2D eigenvalue weighted by atomic mass is 9.90. The summed E-state index contributed by atoms with van der Waals surface area (Å²) in [6, 6.07) is 16.4. The van der Waals surface area contributed by atoms with Crippen molar-refractivity contribution in [3.05, 3.63) is 60.4 Å². The van der Waals surface area contributed by atoms with Crippen molar-refractivity contribution in [2.24, 2.45) is 11.8 Å². The predicted octanol–water partition coefficient (Wildman–Crippen LogP) is 2.57. The zero-order valence-electron chi connectivity index (χ0n) is 20.0. The summed E-state index contributed by atoms with van der Waals surface area (Å²) in [4.78, 5) is 14.7. The maximum absolute atomic E-state index is 10.5. The molecule has 35 heavy (non-hydrogen) atoms. The Morgan fingerprint density at radius 3 is 2.34 bits per heavy atom. The number of hydrogen-bond donors (Lipinski definition) is 4. The van der Waals surface area contributed by atoms with Crippen LogP contribution in [0.3, 0.4) is 0 Å². The number of hydrogen-bond acceptors (Lipinski definition) is 7. The van der Waals surface area contributed by atoms with Gasteiger partial charge in [0.2, 0.25) is 0 Å². The smallest absolute Gasteiger partial charge is 0.290 e. The van der Waals surface area contributed by atoms with Gasteiger partial charge in [0.05, 0.1) is 0 Å². The number of carbonyl (C=O) groups is 1. The topological polar surface area (TPSA) is 123 Å². The van der Waals surface area contributed by atoms with Gasteiger partial charge in [-0.15, -0.1) is 0 Å². The monoisotopic (exact) mass is 482 g/mol. The van der Waals surface area contributed by atoms with Gasteiger partial charge >= 0.3 is 0 Å². The molecule has 0 amide bonds. The molecule has 0 aliphatic carbocycles. The lowest BCUT2D eigenvalue weighted by Gasteiger charge is -2.37. The molecule has 2 heterocycles. The van der Waals surface area contributed by atoms with E-state index in [1.165, 1.54) is 0 Å². The molecule has 1 unspecified atom stereocenters. The number of aromatic nitrogens is 1. The molecule has 1 aromatic heterocycles. The highest BCUT2D eigenvalue weighted by Crippen LogP contribution is 2.27. The van der Waals surface area contributed by atoms with E-state index in [-0.39, 0.29) is 38.1 Å². The van der Waals surface area contributed by atoms with Gasteiger partial charge in [0.25, 0.3) is 6.47 Å². The second-order valence-electron chi connectivity index (χ2n) is 9.03. The van der Waals surface area contributed by atoms with Crippen LogP contribution < -0.4 is 4.74 Å². The van der Waals surface area contributed by atoms with E-state index in [1.54, 1.807) is 0 Å². The Bertz CT molecular complexity index is 1080. The Balaban J connectivity index is 0.00000108. The molecule has 1 fully saturated rings. The molecule has 0 spiro atoms. The molecule has 8 nitrogen and oxygen atoms in total. The van der Waals surface area contributed by atoms with Crippen molar-refractivity contribution in [2.45, 2.75) is 19.4 Å². The summed E-state index contributed by atoms with van der Waals surface area (Å²) in [5, 5.41) is 38.6. The number of piperidine rings is 1. The van der Waals surface area contributed by atoms with Crippen molar-refractivity contribution in [1.82, 2.24) is 9.88 Å². The van der Waals surface area contributed by atoms with E-state index >= 15 is 0 Å². The number of fused-ring (bicyclic) bond motifs is 1. The number of likely N-dealkylation sites (tertiary alicyclic amines) is 1. The first-order valence-corrected chi connectivity index (χ1v) is 11.7. The molecule has 1 aliphatic rings. The van der Waals surface area contributed by atoms with Crippen LogP contribution in [-0.2, 0) is 4.79 Å². The Morgan fingerprint density at radius 2 is 1.69 bits per heavy atom. The normalized spacial score (nSPS) is 19.0. The third-order valence-corrected chi connectivity index (χ3v) is 6.17. The van der Waals surface area contributed by atoms with Crippen LogP contribution in [0.2, 0.25) is 0 Å². The minimum absolute atomic E-state index is 0.109. The summed E-state index contributed by atoms with van der Waals surface area (Å²) in [5.74, 6) is 1.01. The van der Waals surface area contributed by atoms with Crippen LogP contribution in [0.4, 0.5) is 0 Å². The number of aryl methyl sites for hydroxylation is 1. The SMILES string of the molecule is Cc1cc(-c2ccc3ccc(OCC(O)CN4C[C@H](CO)C[C@H](CO)C4)cc3c2)ccn1.O=CO. The van der Waals surface area contributed by atoms with Crippen molar-refractivity contribution in [3.63, 3.8) is 0 Å². The highest BCUT2D eigenvalue weighted by molar-refractivity contribution is 5.88. The molecule has 4 N–H and O–H groups in total. The Hall–Kier alpha value is -3.04. The molecule has 188 valence electrons. The van der Waals surface area contributed by atoms with Crippen LogP contribution in [0.25, 0.3) is 21.9 Å². The molecule has 0 bridgehead atoms. The van der Waals surface area contributed by atoms with E-state index in [4.69, 9.17) is 14.6 Å². The zero-order chi connectivity index (χ0) is 25.2. The molecule has 3 aromatic rings. The number of ether oxygens (including phenoxy) is 1. The first-order valence-electron chi connectivity index (χ1n) is 11.7. The Labute approximate surface area is 205 Å². The highest BCUT2D eigenvalue weighted by atomic mass is 16.5. The maximum atomic E-state index is 10.5. The molecule has 2 aromatic carbocycles. The van der Waals surface area contributed by atoms with Gasteiger partial charge in [-0.1, -0.05) is 18.2 Å². The molecular formula is C27H34N2O6. The number of rotatable bonds is 8. The zero-order valence-corrected chi connectivity index (χ0v) is 20.0. The number of pyridine rings is 1. The summed E-state index contributed by atoms with van der Waals surface area (Å²) < 4.78 is 5.90. The van der Waals surface area contributed by atoms with E-state index in [9.17, 15) is 15.3 Å². The summed E-state index contributed by atoms with van der Waals surface area (Å²) in [5.41, 5.74) is 3.24. The summed E-state index contributed by atoms with van der Waals surface area (Å²) >= 11 is 0. The van der Waals surface area contributed by atoms with Crippen molar-refractivity contribution in [3.8, 4) is 16.9 Å². The molecule has 3 atom stereocenters. The Morgan fingerprint density at radius 1 is 1.03 bits per heavy atom. The first-order chi connectivity index (χ1) is 16.9. The third kappa shape index (κ3) is 7.73. The lowest BCUT2D eigenvalue weighted by molar-refractivity contribution is -0.122. The lowest BCUT2D eigenvalue weighted by Crippen LogP contribution is -2.46. The highest BCUT2D eigenvalue weighted by Gasteiger charge is 2.27. The van der Waals surface area contributed by atoms with Crippen molar-refractivity contribution < 1.29 is 30.0 Å². The van der Waals surface area contributed by atoms with Crippen LogP contribution >= 0.6 is 0 Å². The van der Waals surface area contributed by atoms with Crippen molar-refractivity contribution in [1.29, 1.82) is 0 Å². The van der Waals surface area contributed by atoms with Crippen LogP contribution in [-0.4, -0.2) is 82.3 Å². The standard InChI is InChI=1S/C26H32N2O4.CH2O2/c1-18-8-23(6-7-27-18)22-3-2-21-4-5-26(11-24(21)10-22)32-17-25(31)14-28-12-19(15-29)9-20(13-28)16-30;2-1-3/h2-8,10-11,19-20,25,29-31H,9,12-17H2,1H3;1H,(H,2,3)/t19-,20+,25?;. The summed E-state index contributed by atoms with van der Waals surface area (Å²) in [6.07, 6.45) is 2.01. The second kappa shape index (κ2) is 13.2. The third-order valence-electron chi connectivity index (χ3n) is 6.17. The first kappa shape index (κ1) is 26.6. The van der Waals surface area contributed by atoms with Crippen molar-refractivity contribution in [2.75, 3.05) is 39.5 Å². The van der Waals surface area contributed by atoms with E-state index in [0.717, 1.165) is 52.9 Å². The minimum atomic E-state index is -0.645. The number of carboxylic acid groups (broad SMARTS) is 1. The fourth-order valence-corrected chi connectivity index (χ4v) is 4.60.